The minimum Gasteiger partial charge on any atom is -0.441 e. The van der Waals surface area contributed by atoms with E-state index in [1.54, 1.807) is 12.1 Å². The van der Waals surface area contributed by atoms with Gasteiger partial charge < -0.3 is 15.4 Å². The van der Waals surface area contributed by atoms with E-state index in [4.69, 9.17) is 4.74 Å². The molecule has 0 fully saturated rings. The zero-order valence-corrected chi connectivity index (χ0v) is 12.7. The monoisotopic (exact) mass is 330 g/mol. The van der Waals surface area contributed by atoms with Crippen molar-refractivity contribution >= 4 is 29.1 Å². The number of esters is 1. The van der Waals surface area contributed by atoms with Gasteiger partial charge in [-0.25, -0.2) is 9.78 Å². The Morgan fingerprint density at radius 2 is 2.08 bits per heavy atom. The van der Waals surface area contributed by atoms with Gasteiger partial charge in [0.05, 0.1) is 10.5 Å². The van der Waals surface area contributed by atoms with Crippen LogP contribution in [0.4, 0.5) is 17.2 Å². The van der Waals surface area contributed by atoms with Gasteiger partial charge in [-0.15, -0.1) is 0 Å². The molecule has 2 N–H and O–H groups in total. The van der Waals surface area contributed by atoms with Crippen LogP contribution < -0.4 is 10.6 Å². The smallest absolute Gasteiger partial charge is 0.339 e. The third-order valence-corrected chi connectivity index (χ3v) is 2.87. The highest BCUT2D eigenvalue weighted by atomic mass is 16.6. The van der Waals surface area contributed by atoms with Gasteiger partial charge in [-0.3, -0.25) is 14.9 Å². The molecule has 1 aromatic carbocycles. The molecule has 124 valence electrons. The molecule has 0 aliphatic carbocycles. The van der Waals surface area contributed by atoms with Crippen LogP contribution in [0.15, 0.2) is 42.6 Å². The fraction of sp³-hybridized carbons (Fsp3) is 0.133. The molecule has 0 atom stereocenters. The normalized spacial score (nSPS) is 9.88. The van der Waals surface area contributed by atoms with Crippen LogP contribution in [-0.2, 0) is 9.53 Å². The van der Waals surface area contributed by atoms with E-state index in [0.717, 1.165) is 0 Å². The van der Waals surface area contributed by atoms with Crippen molar-refractivity contribution in [1.82, 2.24) is 10.3 Å². The van der Waals surface area contributed by atoms with E-state index < -0.39 is 10.9 Å². The van der Waals surface area contributed by atoms with Crippen molar-refractivity contribution in [2.45, 2.75) is 6.92 Å². The van der Waals surface area contributed by atoms with Gasteiger partial charge in [-0.1, -0.05) is 6.07 Å². The number of benzene rings is 1. The van der Waals surface area contributed by atoms with E-state index in [0.29, 0.717) is 5.69 Å². The Hall–Kier alpha value is -3.49. The Morgan fingerprint density at radius 3 is 2.79 bits per heavy atom. The van der Waals surface area contributed by atoms with Gasteiger partial charge in [0.2, 0.25) is 11.7 Å². The Morgan fingerprint density at radius 1 is 1.29 bits per heavy atom. The van der Waals surface area contributed by atoms with Gasteiger partial charge in [0, 0.05) is 24.9 Å². The lowest BCUT2D eigenvalue weighted by molar-refractivity contribution is -0.384. The molecule has 0 unspecified atom stereocenters. The molecule has 9 heteroatoms. The number of aromatic nitrogens is 1. The number of hydrogen-bond donors (Lipinski definition) is 2. The van der Waals surface area contributed by atoms with Crippen molar-refractivity contribution in [3.63, 3.8) is 0 Å². The van der Waals surface area contributed by atoms with Crippen molar-refractivity contribution < 1.29 is 19.2 Å². The molecule has 0 saturated heterocycles. The molecule has 1 heterocycles. The summed E-state index contributed by atoms with van der Waals surface area (Å²) >= 11 is 0. The highest BCUT2D eigenvalue weighted by molar-refractivity contribution is 5.91. The summed E-state index contributed by atoms with van der Waals surface area (Å²) in [6.07, 6.45) is 1.42. The van der Waals surface area contributed by atoms with Crippen molar-refractivity contribution in [3.05, 3.63) is 58.3 Å². The number of hydrogen-bond acceptors (Lipinski definition) is 7. The van der Waals surface area contributed by atoms with E-state index in [1.807, 2.05) is 0 Å². The summed E-state index contributed by atoms with van der Waals surface area (Å²) in [7, 11) is 0. The number of pyridine rings is 1. The lowest BCUT2D eigenvalue weighted by atomic mass is 10.2. The first-order chi connectivity index (χ1) is 11.5. The summed E-state index contributed by atoms with van der Waals surface area (Å²) in [5.41, 5.74) is 0.478. The van der Waals surface area contributed by atoms with Gasteiger partial charge in [0.25, 0.3) is 0 Å². The molecule has 0 aliphatic rings. The van der Waals surface area contributed by atoms with Gasteiger partial charge >= 0.3 is 11.7 Å². The molecule has 2 aromatic rings. The summed E-state index contributed by atoms with van der Waals surface area (Å²) in [5, 5.41) is 16.1. The van der Waals surface area contributed by atoms with Crippen LogP contribution in [0.2, 0.25) is 0 Å². The van der Waals surface area contributed by atoms with E-state index in [9.17, 15) is 19.7 Å². The number of carbonyl (C=O) groups is 2. The lowest BCUT2D eigenvalue weighted by Crippen LogP contribution is -2.25. The Labute approximate surface area is 136 Å². The fourth-order valence-electron chi connectivity index (χ4n) is 1.79. The van der Waals surface area contributed by atoms with Crippen LogP contribution in [-0.4, -0.2) is 28.5 Å². The largest absolute Gasteiger partial charge is 0.441 e. The first-order valence-electron chi connectivity index (χ1n) is 6.85. The zero-order chi connectivity index (χ0) is 17.5. The molecular weight excluding hydrogens is 316 g/mol. The number of anilines is 2. The van der Waals surface area contributed by atoms with Gasteiger partial charge in [0.15, 0.2) is 6.73 Å². The molecular formula is C15H14N4O5. The molecule has 0 bridgehead atoms. The number of ether oxygens (including phenoxy) is 1. The van der Waals surface area contributed by atoms with Crippen molar-refractivity contribution in [2.24, 2.45) is 0 Å². The van der Waals surface area contributed by atoms with Crippen LogP contribution in [0.1, 0.15) is 17.3 Å². The predicted octanol–water partition coefficient (Wildman–Crippen LogP) is 1.98. The summed E-state index contributed by atoms with van der Waals surface area (Å²) in [5.74, 6) is -0.894. The molecule has 0 saturated carbocycles. The molecule has 2 rings (SSSR count). The van der Waals surface area contributed by atoms with Crippen molar-refractivity contribution in [2.75, 3.05) is 12.0 Å². The predicted molar refractivity (Wildman–Crippen MR) is 84.7 cm³/mol. The van der Waals surface area contributed by atoms with Crippen molar-refractivity contribution in [1.29, 1.82) is 0 Å². The molecule has 1 aromatic heterocycles. The number of rotatable bonds is 6. The first kappa shape index (κ1) is 16.9. The summed E-state index contributed by atoms with van der Waals surface area (Å²) in [6.45, 7) is 1.07. The number of nitro groups is 1. The number of carbonyl (C=O) groups excluding carboxylic acids is 2. The maximum absolute atomic E-state index is 11.9. The maximum Gasteiger partial charge on any atom is 0.339 e. The fourth-order valence-corrected chi connectivity index (χ4v) is 1.79. The van der Waals surface area contributed by atoms with E-state index >= 15 is 0 Å². The van der Waals surface area contributed by atoms with E-state index in [1.165, 1.54) is 37.4 Å². The third kappa shape index (κ3) is 4.50. The quantitative estimate of drug-likeness (QED) is 0.359. The Balaban J connectivity index is 2.12. The average molecular weight is 330 g/mol. The van der Waals surface area contributed by atoms with E-state index in [-0.39, 0.29) is 29.7 Å². The highest BCUT2D eigenvalue weighted by Crippen LogP contribution is 2.25. The van der Waals surface area contributed by atoms with Crippen molar-refractivity contribution in [3.8, 4) is 0 Å². The van der Waals surface area contributed by atoms with Crippen LogP contribution in [0, 0.1) is 10.1 Å². The second-order valence-electron chi connectivity index (χ2n) is 4.64. The Kier molecular flexibility index (Phi) is 5.40. The summed E-state index contributed by atoms with van der Waals surface area (Å²) in [4.78, 5) is 37.0. The first-order valence-corrected chi connectivity index (χ1v) is 6.85. The number of nitrogens with zero attached hydrogens (tertiary/aromatic N) is 2. The topological polar surface area (TPSA) is 123 Å². The number of amides is 1. The minimum absolute atomic E-state index is 0.0614. The molecule has 9 nitrogen and oxygen atoms in total. The third-order valence-electron chi connectivity index (χ3n) is 2.87. The molecule has 0 spiro atoms. The maximum atomic E-state index is 11.9. The van der Waals surface area contributed by atoms with Crippen LogP contribution in [0.25, 0.3) is 0 Å². The summed E-state index contributed by atoms with van der Waals surface area (Å²) in [6, 6.07) is 8.98. The van der Waals surface area contributed by atoms with Crippen LogP contribution in [0.3, 0.4) is 0 Å². The van der Waals surface area contributed by atoms with Crippen LogP contribution >= 0.6 is 0 Å². The SMILES string of the molecule is CC(=O)NCOC(=O)c1cccc(Nc2ncccc2[N+](=O)[O-])c1. The Bertz CT molecular complexity index is 778. The molecule has 1 amide bonds. The zero-order valence-electron chi connectivity index (χ0n) is 12.7. The van der Waals surface area contributed by atoms with Gasteiger partial charge in [-0.05, 0) is 24.3 Å². The summed E-state index contributed by atoms with van der Waals surface area (Å²) < 4.78 is 4.88. The average Bonchev–Trinajstić information content (AvgIpc) is 2.55. The minimum atomic E-state index is -0.636. The van der Waals surface area contributed by atoms with E-state index in [2.05, 4.69) is 15.6 Å². The van der Waals surface area contributed by atoms with Crippen LogP contribution in [0.5, 0.6) is 0 Å². The lowest BCUT2D eigenvalue weighted by Gasteiger charge is -2.08. The standard InChI is InChI=1S/C15H14N4O5/c1-10(20)17-9-24-15(21)11-4-2-5-12(8-11)18-14-13(19(22)23)6-3-7-16-14/h2-8H,9H2,1H3,(H,16,18)(H,17,20). The molecule has 24 heavy (non-hydrogen) atoms. The highest BCUT2D eigenvalue weighted by Gasteiger charge is 2.15. The second kappa shape index (κ2) is 7.68. The molecule has 0 aliphatic heterocycles. The van der Waals surface area contributed by atoms with Gasteiger partial charge in [0.1, 0.15) is 0 Å². The van der Waals surface area contributed by atoms with Gasteiger partial charge in [-0.2, -0.15) is 0 Å². The number of nitrogens with one attached hydrogen (secondary N) is 2. The second-order valence-corrected chi connectivity index (χ2v) is 4.64. The molecule has 0 radical (unpaired) electrons.